The van der Waals surface area contributed by atoms with E-state index in [1.54, 1.807) is 0 Å². The molecule has 2 N–H and O–H groups in total. The van der Waals surface area contributed by atoms with Crippen LogP contribution >= 0.6 is 0 Å². The summed E-state index contributed by atoms with van der Waals surface area (Å²) >= 11 is 0. The first kappa shape index (κ1) is 9.52. The second kappa shape index (κ2) is 4.45. The summed E-state index contributed by atoms with van der Waals surface area (Å²) in [5, 5.41) is 0. The van der Waals surface area contributed by atoms with Gasteiger partial charge in [0.25, 0.3) is 0 Å². The predicted octanol–water partition coefficient (Wildman–Crippen LogP) is 0.594. The van der Waals surface area contributed by atoms with Crippen LogP contribution in [0.1, 0.15) is 26.2 Å². The Morgan fingerprint density at radius 1 is 1.67 bits per heavy atom. The SMILES string of the molecule is CCC1CCN(C(=O)CCN)C1. The number of nitrogens with two attached hydrogens (primary N) is 1. The quantitative estimate of drug-likeness (QED) is 0.674. The Hall–Kier alpha value is -0.570. The van der Waals surface area contributed by atoms with Gasteiger partial charge in [-0.15, -0.1) is 0 Å². The highest BCUT2D eigenvalue weighted by Crippen LogP contribution is 2.19. The molecule has 1 unspecified atom stereocenters. The molecule has 1 aliphatic rings. The van der Waals surface area contributed by atoms with Crippen LogP contribution in [0.5, 0.6) is 0 Å². The van der Waals surface area contributed by atoms with E-state index in [1.165, 1.54) is 12.8 Å². The molecule has 0 aromatic rings. The van der Waals surface area contributed by atoms with Crippen LogP contribution < -0.4 is 5.73 Å². The van der Waals surface area contributed by atoms with E-state index in [-0.39, 0.29) is 5.91 Å². The second-order valence-corrected chi connectivity index (χ2v) is 3.44. The predicted molar refractivity (Wildman–Crippen MR) is 48.6 cm³/mol. The minimum absolute atomic E-state index is 0.230. The maximum absolute atomic E-state index is 11.4. The fourth-order valence-corrected chi connectivity index (χ4v) is 1.67. The molecular formula is C9H18N2O. The third-order valence-corrected chi connectivity index (χ3v) is 2.57. The van der Waals surface area contributed by atoms with Crippen LogP contribution in [0.2, 0.25) is 0 Å². The molecule has 0 saturated carbocycles. The van der Waals surface area contributed by atoms with E-state index in [1.807, 2.05) is 4.90 Å². The largest absolute Gasteiger partial charge is 0.342 e. The molecule has 12 heavy (non-hydrogen) atoms. The first-order valence-electron chi connectivity index (χ1n) is 4.75. The van der Waals surface area contributed by atoms with Crippen molar-refractivity contribution in [2.75, 3.05) is 19.6 Å². The van der Waals surface area contributed by atoms with E-state index in [9.17, 15) is 4.79 Å². The number of amides is 1. The van der Waals surface area contributed by atoms with Crippen LogP contribution in [0, 0.1) is 5.92 Å². The fourth-order valence-electron chi connectivity index (χ4n) is 1.67. The summed E-state index contributed by atoms with van der Waals surface area (Å²) in [5.74, 6) is 0.958. The monoisotopic (exact) mass is 170 g/mol. The number of carbonyl (C=O) groups excluding carboxylic acids is 1. The van der Waals surface area contributed by atoms with Crippen molar-refractivity contribution in [1.29, 1.82) is 0 Å². The number of nitrogens with zero attached hydrogens (tertiary/aromatic N) is 1. The summed E-state index contributed by atoms with van der Waals surface area (Å²) in [5.41, 5.74) is 5.32. The van der Waals surface area contributed by atoms with Crippen molar-refractivity contribution < 1.29 is 4.79 Å². The van der Waals surface area contributed by atoms with Crippen molar-refractivity contribution in [3.05, 3.63) is 0 Å². The standard InChI is InChI=1S/C9H18N2O/c1-2-8-4-6-11(7-8)9(12)3-5-10/h8H,2-7,10H2,1H3. The third-order valence-electron chi connectivity index (χ3n) is 2.57. The zero-order valence-electron chi connectivity index (χ0n) is 7.75. The highest BCUT2D eigenvalue weighted by molar-refractivity contribution is 5.76. The van der Waals surface area contributed by atoms with Gasteiger partial charge in [0.1, 0.15) is 0 Å². The van der Waals surface area contributed by atoms with Gasteiger partial charge in [0, 0.05) is 26.1 Å². The van der Waals surface area contributed by atoms with Crippen LogP contribution in [0.25, 0.3) is 0 Å². The second-order valence-electron chi connectivity index (χ2n) is 3.44. The van der Waals surface area contributed by atoms with Crippen LogP contribution in [-0.4, -0.2) is 30.4 Å². The Labute approximate surface area is 73.9 Å². The van der Waals surface area contributed by atoms with Gasteiger partial charge in [0.15, 0.2) is 0 Å². The number of rotatable bonds is 3. The van der Waals surface area contributed by atoms with Crippen LogP contribution in [-0.2, 0) is 4.79 Å². The van der Waals surface area contributed by atoms with Gasteiger partial charge in [0.2, 0.25) is 5.91 Å². The molecule has 0 aromatic heterocycles. The highest BCUT2D eigenvalue weighted by atomic mass is 16.2. The lowest BCUT2D eigenvalue weighted by Crippen LogP contribution is -2.30. The summed E-state index contributed by atoms with van der Waals surface area (Å²) < 4.78 is 0. The summed E-state index contributed by atoms with van der Waals surface area (Å²) in [6, 6.07) is 0. The molecular weight excluding hydrogens is 152 g/mol. The number of hydrogen-bond acceptors (Lipinski definition) is 2. The fraction of sp³-hybridized carbons (Fsp3) is 0.889. The maximum Gasteiger partial charge on any atom is 0.223 e. The Morgan fingerprint density at radius 3 is 2.92 bits per heavy atom. The smallest absolute Gasteiger partial charge is 0.223 e. The van der Waals surface area contributed by atoms with Crippen molar-refractivity contribution in [1.82, 2.24) is 4.90 Å². The van der Waals surface area contributed by atoms with Crippen molar-refractivity contribution >= 4 is 5.91 Å². The topological polar surface area (TPSA) is 46.3 Å². The van der Waals surface area contributed by atoms with Gasteiger partial charge in [-0.1, -0.05) is 13.3 Å². The van der Waals surface area contributed by atoms with Crippen molar-refractivity contribution in [2.45, 2.75) is 26.2 Å². The van der Waals surface area contributed by atoms with Crippen LogP contribution in [0.4, 0.5) is 0 Å². The summed E-state index contributed by atoms with van der Waals surface area (Å²) in [6.45, 7) is 4.56. The molecule has 0 spiro atoms. The Balaban J connectivity index is 2.31. The minimum atomic E-state index is 0.230. The Bertz CT molecular complexity index is 159. The third kappa shape index (κ3) is 2.21. The molecule has 3 heteroatoms. The Morgan fingerprint density at radius 2 is 2.42 bits per heavy atom. The van der Waals surface area contributed by atoms with Gasteiger partial charge >= 0.3 is 0 Å². The molecule has 1 fully saturated rings. The molecule has 0 radical (unpaired) electrons. The molecule has 1 aliphatic heterocycles. The van der Waals surface area contributed by atoms with E-state index < -0.39 is 0 Å². The zero-order chi connectivity index (χ0) is 8.97. The molecule has 1 atom stereocenters. The average Bonchev–Trinajstić information content (AvgIpc) is 2.52. The molecule has 1 rings (SSSR count). The van der Waals surface area contributed by atoms with E-state index in [2.05, 4.69) is 6.92 Å². The molecule has 0 bridgehead atoms. The minimum Gasteiger partial charge on any atom is -0.342 e. The summed E-state index contributed by atoms with van der Waals surface area (Å²) in [6.07, 6.45) is 2.87. The van der Waals surface area contributed by atoms with Crippen molar-refractivity contribution in [3.8, 4) is 0 Å². The summed E-state index contributed by atoms with van der Waals surface area (Å²) in [7, 11) is 0. The summed E-state index contributed by atoms with van der Waals surface area (Å²) in [4.78, 5) is 13.3. The molecule has 3 nitrogen and oxygen atoms in total. The van der Waals surface area contributed by atoms with Crippen LogP contribution in [0.3, 0.4) is 0 Å². The maximum atomic E-state index is 11.4. The Kier molecular flexibility index (Phi) is 3.53. The van der Waals surface area contributed by atoms with Gasteiger partial charge < -0.3 is 10.6 Å². The van der Waals surface area contributed by atoms with Crippen molar-refractivity contribution in [3.63, 3.8) is 0 Å². The molecule has 0 aliphatic carbocycles. The lowest BCUT2D eigenvalue weighted by atomic mass is 10.1. The van der Waals surface area contributed by atoms with E-state index >= 15 is 0 Å². The first-order chi connectivity index (χ1) is 5.77. The average molecular weight is 170 g/mol. The van der Waals surface area contributed by atoms with Gasteiger partial charge in [-0.2, -0.15) is 0 Å². The van der Waals surface area contributed by atoms with Gasteiger partial charge in [0.05, 0.1) is 0 Å². The van der Waals surface area contributed by atoms with Gasteiger partial charge in [-0.3, -0.25) is 4.79 Å². The van der Waals surface area contributed by atoms with Gasteiger partial charge in [-0.25, -0.2) is 0 Å². The van der Waals surface area contributed by atoms with E-state index in [4.69, 9.17) is 5.73 Å². The number of likely N-dealkylation sites (tertiary alicyclic amines) is 1. The lowest BCUT2D eigenvalue weighted by molar-refractivity contribution is -0.130. The molecule has 1 amide bonds. The zero-order valence-corrected chi connectivity index (χ0v) is 7.75. The molecule has 1 saturated heterocycles. The number of carbonyl (C=O) groups is 1. The van der Waals surface area contributed by atoms with E-state index in [0.29, 0.717) is 13.0 Å². The van der Waals surface area contributed by atoms with Crippen LogP contribution in [0.15, 0.2) is 0 Å². The van der Waals surface area contributed by atoms with Gasteiger partial charge in [-0.05, 0) is 12.3 Å². The normalized spacial score (nSPS) is 23.2. The first-order valence-corrected chi connectivity index (χ1v) is 4.75. The molecule has 0 aromatic carbocycles. The molecule has 1 heterocycles. The van der Waals surface area contributed by atoms with E-state index in [0.717, 1.165) is 19.0 Å². The van der Waals surface area contributed by atoms with Crippen molar-refractivity contribution in [2.24, 2.45) is 11.7 Å². The lowest BCUT2D eigenvalue weighted by Gasteiger charge is -2.15. The molecule has 70 valence electrons. The number of hydrogen-bond donors (Lipinski definition) is 1. The highest BCUT2D eigenvalue weighted by Gasteiger charge is 2.23.